The van der Waals surface area contributed by atoms with Crippen molar-refractivity contribution in [2.24, 2.45) is 0 Å². The van der Waals surface area contributed by atoms with Gasteiger partial charge in [-0.15, -0.1) is 0 Å². The Balaban J connectivity index is 2.25. The average molecular weight is 265 g/mol. The summed E-state index contributed by atoms with van der Waals surface area (Å²) in [5.74, 6) is -0.291. The van der Waals surface area contributed by atoms with Crippen molar-refractivity contribution in [3.8, 4) is 0 Å². The number of likely N-dealkylation sites (tertiary alicyclic amines) is 1. The van der Waals surface area contributed by atoms with E-state index in [1.165, 1.54) is 18.2 Å². The van der Waals surface area contributed by atoms with Gasteiger partial charge in [0.25, 0.3) is 11.6 Å². The number of rotatable bonds is 3. The van der Waals surface area contributed by atoms with Crippen molar-refractivity contribution >= 4 is 17.3 Å². The summed E-state index contributed by atoms with van der Waals surface area (Å²) in [6.45, 7) is 1.05. The van der Waals surface area contributed by atoms with Gasteiger partial charge in [0, 0.05) is 26.3 Å². The molecule has 1 saturated heterocycles. The molecule has 1 fully saturated rings. The lowest BCUT2D eigenvalue weighted by molar-refractivity contribution is -0.383. The zero-order chi connectivity index (χ0) is 14.0. The van der Waals surface area contributed by atoms with Crippen molar-refractivity contribution in [2.75, 3.05) is 25.9 Å². The monoisotopic (exact) mass is 265 g/mol. The minimum atomic E-state index is -0.589. The number of anilines is 1. The molecule has 2 rings (SSSR count). The van der Waals surface area contributed by atoms with Crippen LogP contribution in [0.25, 0.3) is 0 Å². The first-order valence-corrected chi connectivity index (χ1v) is 5.89. The molecule has 7 heteroatoms. The molecule has 1 aromatic carbocycles. The first-order chi connectivity index (χ1) is 9.04. The highest BCUT2D eigenvalue weighted by Crippen LogP contribution is 2.27. The predicted octanol–water partition coefficient (Wildman–Crippen LogP) is 1.04. The summed E-state index contributed by atoms with van der Waals surface area (Å²) in [6, 6.07) is 4.25. The molecular formula is C12H15N3O4. The number of amides is 1. The lowest BCUT2D eigenvalue weighted by Crippen LogP contribution is -2.30. The van der Waals surface area contributed by atoms with E-state index in [9.17, 15) is 14.9 Å². The number of hydrogen-bond acceptors (Lipinski definition) is 5. The Hall–Kier alpha value is -2.15. The van der Waals surface area contributed by atoms with Crippen LogP contribution in [0.3, 0.4) is 0 Å². The highest BCUT2D eigenvalue weighted by atomic mass is 16.6. The number of carbonyl (C=O) groups excluding carboxylic acids is 1. The molecule has 0 bridgehead atoms. The van der Waals surface area contributed by atoms with Crippen molar-refractivity contribution in [3.05, 3.63) is 33.9 Å². The molecule has 0 aromatic heterocycles. The van der Waals surface area contributed by atoms with Crippen molar-refractivity contribution in [3.63, 3.8) is 0 Å². The van der Waals surface area contributed by atoms with Gasteiger partial charge in [-0.25, -0.2) is 0 Å². The van der Waals surface area contributed by atoms with Crippen molar-refractivity contribution in [1.29, 1.82) is 0 Å². The normalized spacial score (nSPS) is 18.6. The van der Waals surface area contributed by atoms with Gasteiger partial charge in [-0.3, -0.25) is 14.9 Å². The second-order valence-corrected chi connectivity index (χ2v) is 4.39. The second-order valence-electron chi connectivity index (χ2n) is 4.39. The predicted molar refractivity (Wildman–Crippen MR) is 68.8 cm³/mol. The van der Waals surface area contributed by atoms with E-state index in [1.54, 1.807) is 12.0 Å². The summed E-state index contributed by atoms with van der Waals surface area (Å²) in [4.78, 5) is 24.1. The maximum Gasteiger partial charge on any atom is 0.292 e. The van der Waals surface area contributed by atoms with E-state index in [0.29, 0.717) is 13.1 Å². The van der Waals surface area contributed by atoms with Gasteiger partial charge in [0.15, 0.2) is 0 Å². The number of nitro benzene ring substituents is 1. The van der Waals surface area contributed by atoms with E-state index in [0.717, 1.165) is 6.42 Å². The lowest BCUT2D eigenvalue weighted by Gasteiger charge is -2.17. The molecule has 1 amide bonds. The average Bonchev–Trinajstić information content (AvgIpc) is 2.86. The number of nitrogens with two attached hydrogens (primary N) is 1. The molecule has 1 heterocycles. The lowest BCUT2D eigenvalue weighted by atomic mass is 10.1. The van der Waals surface area contributed by atoms with Gasteiger partial charge < -0.3 is 15.4 Å². The number of nitro groups is 1. The number of nitrogens with zero attached hydrogens (tertiary/aromatic N) is 2. The van der Waals surface area contributed by atoms with E-state index >= 15 is 0 Å². The highest BCUT2D eigenvalue weighted by Gasteiger charge is 2.29. The molecular weight excluding hydrogens is 250 g/mol. The van der Waals surface area contributed by atoms with Crippen LogP contribution in [0.5, 0.6) is 0 Å². The third kappa shape index (κ3) is 2.50. The number of nitrogen functional groups attached to an aromatic ring is 1. The largest absolute Gasteiger partial charge is 0.393 e. The fraction of sp³-hybridized carbons (Fsp3) is 0.417. The summed E-state index contributed by atoms with van der Waals surface area (Å²) in [5, 5.41) is 10.8. The molecule has 1 aliphatic rings. The molecule has 1 unspecified atom stereocenters. The van der Waals surface area contributed by atoms with Gasteiger partial charge in [-0.1, -0.05) is 6.07 Å². The maximum absolute atomic E-state index is 12.3. The van der Waals surface area contributed by atoms with Crippen LogP contribution in [0.1, 0.15) is 16.8 Å². The minimum Gasteiger partial charge on any atom is -0.393 e. The van der Waals surface area contributed by atoms with Gasteiger partial charge in [0.1, 0.15) is 5.69 Å². The van der Waals surface area contributed by atoms with Crippen LogP contribution in [0.2, 0.25) is 0 Å². The van der Waals surface area contributed by atoms with Crippen LogP contribution in [0, 0.1) is 10.1 Å². The molecule has 0 radical (unpaired) electrons. The Kier molecular flexibility index (Phi) is 3.66. The molecule has 2 N–H and O–H groups in total. The Morgan fingerprint density at radius 1 is 1.58 bits per heavy atom. The Bertz CT molecular complexity index is 518. The van der Waals surface area contributed by atoms with Gasteiger partial charge in [0.05, 0.1) is 16.6 Å². The quantitative estimate of drug-likeness (QED) is 0.500. The highest BCUT2D eigenvalue weighted by molar-refractivity contribution is 6.01. The van der Waals surface area contributed by atoms with E-state index in [2.05, 4.69) is 0 Å². The molecule has 102 valence electrons. The maximum atomic E-state index is 12.3. The molecule has 0 aliphatic carbocycles. The summed E-state index contributed by atoms with van der Waals surface area (Å²) in [6.07, 6.45) is 0.778. The summed E-state index contributed by atoms with van der Waals surface area (Å²) < 4.78 is 5.19. The Morgan fingerprint density at radius 2 is 2.32 bits per heavy atom. The third-order valence-corrected chi connectivity index (χ3v) is 3.28. The van der Waals surface area contributed by atoms with Crippen molar-refractivity contribution < 1.29 is 14.5 Å². The van der Waals surface area contributed by atoms with Crippen LogP contribution in [0.15, 0.2) is 18.2 Å². The molecule has 1 atom stereocenters. The molecule has 0 saturated carbocycles. The number of methoxy groups -OCH3 is 1. The van der Waals surface area contributed by atoms with Gasteiger partial charge in [0.2, 0.25) is 0 Å². The number of ether oxygens (including phenoxy) is 1. The fourth-order valence-corrected chi connectivity index (χ4v) is 2.17. The summed E-state index contributed by atoms with van der Waals surface area (Å²) >= 11 is 0. The van der Waals surface area contributed by atoms with Crippen molar-refractivity contribution in [2.45, 2.75) is 12.5 Å². The zero-order valence-electron chi connectivity index (χ0n) is 10.5. The smallest absolute Gasteiger partial charge is 0.292 e. The topological polar surface area (TPSA) is 98.7 Å². The standard InChI is InChI=1S/C12H15N3O4/c1-19-8-5-6-14(7-8)12(16)9-3-2-4-10(11(9)13)15(17)18/h2-4,8H,5-7,13H2,1H3. The van der Waals surface area contributed by atoms with E-state index in [4.69, 9.17) is 10.5 Å². The Morgan fingerprint density at radius 3 is 2.89 bits per heavy atom. The first-order valence-electron chi connectivity index (χ1n) is 5.89. The molecule has 0 spiro atoms. The van der Waals surface area contributed by atoms with Crippen LogP contribution in [-0.4, -0.2) is 42.0 Å². The van der Waals surface area contributed by atoms with Crippen LogP contribution < -0.4 is 5.73 Å². The SMILES string of the molecule is COC1CCN(C(=O)c2cccc([N+](=O)[O-])c2N)C1. The zero-order valence-corrected chi connectivity index (χ0v) is 10.5. The van der Waals surface area contributed by atoms with Gasteiger partial charge in [-0.05, 0) is 12.5 Å². The van der Waals surface area contributed by atoms with E-state index in [-0.39, 0.29) is 28.9 Å². The van der Waals surface area contributed by atoms with Crippen LogP contribution >= 0.6 is 0 Å². The number of benzene rings is 1. The van der Waals surface area contributed by atoms with Crippen LogP contribution in [-0.2, 0) is 4.74 Å². The molecule has 1 aromatic rings. The van der Waals surface area contributed by atoms with Gasteiger partial charge >= 0.3 is 0 Å². The van der Waals surface area contributed by atoms with Crippen LogP contribution in [0.4, 0.5) is 11.4 Å². The van der Waals surface area contributed by atoms with Gasteiger partial charge in [-0.2, -0.15) is 0 Å². The second kappa shape index (κ2) is 5.23. The van der Waals surface area contributed by atoms with Crippen molar-refractivity contribution in [1.82, 2.24) is 4.90 Å². The molecule has 19 heavy (non-hydrogen) atoms. The number of hydrogen-bond donors (Lipinski definition) is 1. The van der Waals surface area contributed by atoms with E-state index < -0.39 is 4.92 Å². The first kappa shape index (κ1) is 13.3. The molecule has 1 aliphatic heterocycles. The summed E-state index contributed by atoms with van der Waals surface area (Å²) in [7, 11) is 1.60. The third-order valence-electron chi connectivity index (χ3n) is 3.28. The number of carbonyl (C=O) groups is 1. The molecule has 7 nitrogen and oxygen atoms in total. The minimum absolute atomic E-state index is 0.0175. The summed E-state index contributed by atoms with van der Waals surface area (Å²) in [5.41, 5.74) is 5.54. The van der Waals surface area contributed by atoms with E-state index in [1.807, 2.05) is 0 Å². The fourth-order valence-electron chi connectivity index (χ4n) is 2.17. The Labute approximate surface area is 110 Å². The number of para-hydroxylation sites is 1.